The predicted octanol–water partition coefficient (Wildman–Crippen LogP) is 0.889. The van der Waals surface area contributed by atoms with Gasteiger partial charge in [-0.1, -0.05) is 0 Å². The number of rotatable bonds is 3. The molecule has 0 bridgehead atoms. The number of carbonyl (C=O) groups is 2. The van der Waals surface area contributed by atoms with Crippen LogP contribution in [0.1, 0.15) is 25.3 Å². The molecule has 3 aliphatic rings. The lowest BCUT2D eigenvalue weighted by molar-refractivity contribution is -0.138. The van der Waals surface area contributed by atoms with Gasteiger partial charge < -0.3 is 19.9 Å². The molecule has 2 amide bonds. The minimum Gasteiger partial charge on any atom is -0.479 e. The van der Waals surface area contributed by atoms with Crippen molar-refractivity contribution in [3.63, 3.8) is 0 Å². The molecule has 170 valence electrons. The first-order valence-corrected chi connectivity index (χ1v) is 12.2. The molecule has 0 radical (unpaired) electrons. The summed E-state index contributed by atoms with van der Waals surface area (Å²) in [5, 5.41) is 2.74. The highest BCUT2D eigenvalue weighted by atomic mass is 32.2. The number of sulfonamides is 1. The first kappa shape index (κ1) is 22.0. The lowest BCUT2D eigenvalue weighted by Gasteiger charge is -2.37. The van der Waals surface area contributed by atoms with Gasteiger partial charge in [-0.3, -0.25) is 9.59 Å². The predicted molar refractivity (Wildman–Crippen MR) is 115 cm³/mol. The van der Waals surface area contributed by atoms with Gasteiger partial charge in [-0.15, -0.1) is 0 Å². The lowest BCUT2D eigenvalue weighted by atomic mass is 9.98. The fourth-order valence-electron chi connectivity index (χ4n) is 4.41. The number of nitrogens with one attached hydrogen (secondary N) is 1. The summed E-state index contributed by atoms with van der Waals surface area (Å²) in [6.07, 6.45) is 0.663. The van der Waals surface area contributed by atoms with Crippen molar-refractivity contribution in [3.8, 4) is 5.75 Å². The summed E-state index contributed by atoms with van der Waals surface area (Å²) >= 11 is 0. The molecule has 10 heteroatoms. The Morgan fingerprint density at radius 1 is 1.16 bits per heavy atom. The van der Waals surface area contributed by atoms with Gasteiger partial charge in [0, 0.05) is 45.3 Å². The Hall–Kier alpha value is -2.17. The number of hydrogen-bond donors (Lipinski definition) is 1. The second kappa shape index (κ2) is 8.40. The Labute approximate surface area is 183 Å². The average molecular weight is 451 g/mol. The van der Waals surface area contributed by atoms with Gasteiger partial charge in [0.25, 0.3) is 5.91 Å². The van der Waals surface area contributed by atoms with Crippen LogP contribution >= 0.6 is 0 Å². The number of likely N-dealkylation sites (N-methyl/N-ethyl adjacent to an activating group) is 1. The first-order chi connectivity index (χ1) is 14.7. The lowest BCUT2D eigenvalue weighted by Crippen LogP contribution is -2.52. The van der Waals surface area contributed by atoms with Gasteiger partial charge in [-0.05, 0) is 45.4 Å². The van der Waals surface area contributed by atoms with E-state index in [0.717, 1.165) is 13.1 Å². The maximum absolute atomic E-state index is 13.5. The highest BCUT2D eigenvalue weighted by Crippen LogP contribution is 2.36. The normalized spacial score (nSPS) is 25.5. The summed E-state index contributed by atoms with van der Waals surface area (Å²) in [7, 11) is -1.77. The third-order valence-electron chi connectivity index (χ3n) is 6.37. The molecule has 31 heavy (non-hydrogen) atoms. The Morgan fingerprint density at radius 2 is 1.87 bits per heavy atom. The Kier molecular flexibility index (Phi) is 5.97. The number of amides is 2. The van der Waals surface area contributed by atoms with E-state index in [2.05, 4.69) is 10.2 Å². The van der Waals surface area contributed by atoms with Crippen LogP contribution in [0, 0.1) is 12.8 Å². The third kappa shape index (κ3) is 4.28. The van der Waals surface area contributed by atoms with Crippen molar-refractivity contribution in [2.24, 2.45) is 5.92 Å². The zero-order valence-electron chi connectivity index (χ0n) is 18.3. The van der Waals surface area contributed by atoms with E-state index in [1.807, 2.05) is 11.9 Å². The first-order valence-electron chi connectivity index (χ1n) is 10.8. The van der Waals surface area contributed by atoms with E-state index in [9.17, 15) is 18.0 Å². The molecule has 2 fully saturated rings. The molecule has 2 saturated heterocycles. The number of piperidine rings is 1. The van der Waals surface area contributed by atoms with E-state index in [0.29, 0.717) is 49.5 Å². The summed E-state index contributed by atoms with van der Waals surface area (Å²) in [5.41, 5.74) is 1.01. The summed E-state index contributed by atoms with van der Waals surface area (Å²) in [6.45, 7) is 6.94. The van der Waals surface area contributed by atoms with Crippen LogP contribution in [0.25, 0.3) is 0 Å². The number of carbonyl (C=O) groups excluding carboxylic acids is 2. The van der Waals surface area contributed by atoms with Gasteiger partial charge in [-0.25, -0.2) is 8.42 Å². The molecule has 0 saturated carbocycles. The van der Waals surface area contributed by atoms with Crippen LogP contribution in [0.5, 0.6) is 5.75 Å². The van der Waals surface area contributed by atoms with Crippen LogP contribution in [-0.4, -0.2) is 86.8 Å². The topological polar surface area (TPSA) is 99.3 Å². The highest BCUT2D eigenvalue weighted by Gasteiger charge is 2.37. The van der Waals surface area contributed by atoms with E-state index in [1.54, 1.807) is 19.9 Å². The van der Waals surface area contributed by atoms with Crippen LogP contribution in [0.15, 0.2) is 17.0 Å². The molecule has 0 unspecified atom stereocenters. The fourth-order valence-corrected chi connectivity index (χ4v) is 6.15. The maximum atomic E-state index is 13.5. The second-order valence-electron chi connectivity index (χ2n) is 8.69. The van der Waals surface area contributed by atoms with Crippen molar-refractivity contribution in [3.05, 3.63) is 17.7 Å². The number of benzene rings is 1. The monoisotopic (exact) mass is 450 g/mol. The number of nitrogens with zero attached hydrogens (tertiary/aromatic N) is 3. The van der Waals surface area contributed by atoms with Crippen LogP contribution in [-0.2, 0) is 19.6 Å². The summed E-state index contributed by atoms with van der Waals surface area (Å²) in [5.74, 6) is -0.183. The van der Waals surface area contributed by atoms with Crippen molar-refractivity contribution in [1.29, 1.82) is 0 Å². The minimum absolute atomic E-state index is 0.0510. The van der Waals surface area contributed by atoms with Crippen LogP contribution < -0.4 is 10.1 Å². The molecule has 3 heterocycles. The smallest absolute Gasteiger partial charge is 0.265 e. The highest BCUT2D eigenvalue weighted by molar-refractivity contribution is 7.89. The molecule has 3 aliphatic heterocycles. The maximum Gasteiger partial charge on any atom is 0.265 e. The van der Waals surface area contributed by atoms with Gasteiger partial charge in [0.05, 0.1) is 16.5 Å². The Balaban J connectivity index is 1.54. The van der Waals surface area contributed by atoms with Crippen molar-refractivity contribution < 1.29 is 22.7 Å². The second-order valence-corrected chi connectivity index (χ2v) is 10.6. The molecule has 0 spiro atoms. The summed E-state index contributed by atoms with van der Waals surface area (Å²) in [4.78, 5) is 29.1. The zero-order valence-corrected chi connectivity index (χ0v) is 19.1. The SMILES string of the molecule is Cc1cc2c(cc1S(=O)(=O)N1CCC[C@@H](C(=O)N3CCN(C)CC3)C1)O[C@@H](C)C(=O)N2. The minimum atomic E-state index is -3.80. The quantitative estimate of drug-likeness (QED) is 0.734. The van der Waals surface area contributed by atoms with Gasteiger partial charge in [0.1, 0.15) is 5.75 Å². The largest absolute Gasteiger partial charge is 0.479 e. The Morgan fingerprint density at radius 3 is 2.58 bits per heavy atom. The molecule has 0 aromatic heterocycles. The third-order valence-corrected chi connectivity index (χ3v) is 8.38. The molecule has 0 aliphatic carbocycles. The van der Waals surface area contributed by atoms with E-state index < -0.39 is 16.1 Å². The molecule has 1 N–H and O–H groups in total. The molecule has 2 atom stereocenters. The summed E-state index contributed by atoms with van der Waals surface area (Å²) < 4.78 is 34.0. The number of ether oxygens (including phenoxy) is 1. The Bertz CT molecular complexity index is 988. The van der Waals surface area contributed by atoms with Crippen LogP contribution in [0.2, 0.25) is 0 Å². The molecule has 1 aromatic rings. The number of piperazine rings is 1. The number of hydrogen-bond acceptors (Lipinski definition) is 6. The van der Waals surface area contributed by atoms with Gasteiger partial charge >= 0.3 is 0 Å². The number of fused-ring (bicyclic) bond motifs is 1. The van der Waals surface area contributed by atoms with E-state index >= 15 is 0 Å². The van der Waals surface area contributed by atoms with Crippen molar-refractivity contribution >= 4 is 27.5 Å². The van der Waals surface area contributed by atoms with Crippen LogP contribution in [0.3, 0.4) is 0 Å². The van der Waals surface area contributed by atoms with Gasteiger partial charge in [0.15, 0.2) is 6.10 Å². The van der Waals surface area contributed by atoms with Gasteiger partial charge in [0.2, 0.25) is 15.9 Å². The summed E-state index contributed by atoms with van der Waals surface area (Å²) in [6, 6.07) is 3.12. The number of anilines is 1. The van der Waals surface area contributed by atoms with Crippen molar-refractivity contribution in [2.75, 3.05) is 51.6 Å². The molecule has 9 nitrogen and oxygen atoms in total. The molecular weight excluding hydrogens is 420 g/mol. The van der Waals surface area contributed by atoms with E-state index in [1.165, 1.54) is 10.4 Å². The van der Waals surface area contributed by atoms with Gasteiger partial charge in [-0.2, -0.15) is 4.31 Å². The standard InChI is InChI=1S/C21H30N4O5S/c1-14-11-17-18(30-15(2)20(26)22-17)12-19(14)31(28,29)25-6-4-5-16(13-25)21(27)24-9-7-23(3)8-10-24/h11-12,15-16H,4-10,13H2,1-3H3,(H,22,26)/t15-,16+/m0/s1. The van der Waals surface area contributed by atoms with Crippen LogP contribution in [0.4, 0.5) is 5.69 Å². The molecule has 1 aromatic carbocycles. The van der Waals surface area contributed by atoms with Crippen molar-refractivity contribution in [1.82, 2.24) is 14.1 Å². The van der Waals surface area contributed by atoms with E-state index in [4.69, 9.17) is 4.74 Å². The molecule has 4 rings (SSSR count). The molecular formula is C21H30N4O5S. The number of aryl methyl sites for hydroxylation is 1. The zero-order chi connectivity index (χ0) is 22.3. The average Bonchev–Trinajstić information content (AvgIpc) is 2.74. The van der Waals surface area contributed by atoms with Crippen molar-refractivity contribution in [2.45, 2.75) is 37.7 Å². The fraction of sp³-hybridized carbons (Fsp3) is 0.619. The van der Waals surface area contributed by atoms with E-state index in [-0.39, 0.29) is 29.2 Å².